The van der Waals surface area contributed by atoms with E-state index in [1.807, 2.05) is 29.7 Å². The predicted molar refractivity (Wildman–Crippen MR) is 116 cm³/mol. The van der Waals surface area contributed by atoms with E-state index in [0.29, 0.717) is 17.5 Å². The van der Waals surface area contributed by atoms with Gasteiger partial charge in [-0.1, -0.05) is 17.7 Å². The van der Waals surface area contributed by atoms with Gasteiger partial charge in [0, 0.05) is 50.1 Å². The number of aliphatic imine (C=N–C) groups is 1. The lowest BCUT2D eigenvalue weighted by Crippen LogP contribution is -2.21. The van der Waals surface area contributed by atoms with E-state index in [-0.39, 0.29) is 0 Å². The number of nitrogens with zero attached hydrogens (tertiary/aromatic N) is 5. The molecule has 1 saturated heterocycles. The van der Waals surface area contributed by atoms with Crippen LogP contribution in [0.15, 0.2) is 54.2 Å². The van der Waals surface area contributed by atoms with Crippen LogP contribution in [0.1, 0.15) is 12.8 Å². The zero-order valence-corrected chi connectivity index (χ0v) is 16.8. The largest absolute Gasteiger partial charge is 0.381 e. The fraction of sp³-hybridized carbons (Fsp3) is 0.318. The Labute approximate surface area is 174 Å². The van der Waals surface area contributed by atoms with Crippen molar-refractivity contribution in [1.82, 2.24) is 14.5 Å². The molecule has 0 aliphatic carbocycles. The number of hydrogen-bond donors (Lipinski definition) is 0. The topological polar surface area (TPSA) is 55.5 Å². The number of anilines is 1. The lowest BCUT2D eigenvalue weighted by Gasteiger charge is -2.22. The van der Waals surface area contributed by atoms with Gasteiger partial charge >= 0.3 is 0 Å². The van der Waals surface area contributed by atoms with Gasteiger partial charge < -0.3 is 14.2 Å². The lowest BCUT2D eigenvalue weighted by molar-refractivity contribution is 0.0616. The summed E-state index contributed by atoms with van der Waals surface area (Å²) in [6.07, 6.45) is 11.4. The molecule has 5 rings (SSSR count). The van der Waals surface area contributed by atoms with E-state index >= 15 is 0 Å². The fourth-order valence-corrected chi connectivity index (χ4v) is 4.14. The number of rotatable bonds is 4. The predicted octanol–water partition coefficient (Wildman–Crippen LogP) is 4.54. The van der Waals surface area contributed by atoms with Crippen LogP contribution in [0.25, 0.3) is 22.2 Å². The van der Waals surface area contributed by atoms with Gasteiger partial charge in [0.05, 0.1) is 28.9 Å². The molecule has 0 bridgehead atoms. The first-order valence-corrected chi connectivity index (χ1v) is 10.3. The Morgan fingerprint density at radius 2 is 2.03 bits per heavy atom. The van der Waals surface area contributed by atoms with Gasteiger partial charge in [0.2, 0.25) is 0 Å². The third-order valence-corrected chi connectivity index (χ3v) is 5.88. The summed E-state index contributed by atoms with van der Waals surface area (Å²) in [6.45, 7) is 3.37. The number of hydrogen-bond acceptors (Lipinski definition) is 5. The number of imidazole rings is 1. The minimum absolute atomic E-state index is 0.633. The molecule has 1 aromatic carbocycles. The maximum atomic E-state index is 6.53. The zero-order valence-electron chi connectivity index (χ0n) is 16.0. The number of benzene rings is 1. The van der Waals surface area contributed by atoms with E-state index < -0.39 is 0 Å². The van der Waals surface area contributed by atoms with Crippen molar-refractivity contribution < 1.29 is 4.74 Å². The van der Waals surface area contributed by atoms with E-state index in [1.54, 1.807) is 12.4 Å². The Kier molecular flexibility index (Phi) is 5.04. The second kappa shape index (κ2) is 7.97. The second-order valence-electron chi connectivity index (χ2n) is 7.46. The van der Waals surface area contributed by atoms with Crippen LogP contribution < -0.4 is 4.90 Å². The van der Waals surface area contributed by atoms with E-state index in [0.717, 1.165) is 60.6 Å². The van der Waals surface area contributed by atoms with Crippen LogP contribution in [0.3, 0.4) is 0 Å². The summed E-state index contributed by atoms with van der Waals surface area (Å²) in [5, 5.41) is 0.637. The van der Waals surface area contributed by atoms with Gasteiger partial charge in [-0.05, 0) is 42.5 Å². The Morgan fingerprint density at radius 1 is 1.14 bits per heavy atom. The van der Waals surface area contributed by atoms with Crippen LogP contribution in [-0.2, 0) is 11.3 Å². The van der Waals surface area contributed by atoms with Gasteiger partial charge in [0.1, 0.15) is 5.82 Å². The average molecular weight is 408 g/mol. The van der Waals surface area contributed by atoms with Gasteiger partial charge in [0.25, 0.3) is 0 Å². The van der Waals surface area contributed by atoms with Crippen molar-refractivity contribution in [3.8, 4) is 11.1 Å². The lowest BCUT2D eigenvalue weighted by atomic mass is 10.00. The standard InChI is InChI=1S/C22H22ClN5O/c23-19-13-25-22(27-7-5-24-6-8-27)12-18(19)17-1-2-20-21(11-17)28(15-26-20)14-16-3-9-29-10-4-16/h1-2,5-7,11-13,15-16H,3-4,8-10,14H2. The van der Waals surface area contributed by atoms with Gasteiger partial charge in [-0.25, -0.2) is 9.97 Å². The number of fused-ring (bicyclic) bond motifs is 1. The molecule has 0 spiro atoms. The quantitative estimate of drug-likeness (QED) is 0.637. The molecule has 0 radical (unpaired) electrons. The monoisotopic (exact) mass is 407 g/mol. The van der Waals surface area contributed by atoms with Crippen molar-refractivity contribution in [3.63, 3.8) is 0 Å². The molecule has 2 aliphatic rings. The molecular formula is C22H22ClN5O. The number of aromatic nitrogens is 3. The molecule has 0 atom stereocenters. The molecule has 2 aliphatic heterocycles. The average Bonchev–Trinajstić information content (AvgIpc) is 3.17. The molecule has 148 valence electrons. The molecule has 7 heteroatoms. The van der Waals surface area contributed by atoms with E-state index in [9.17, 15) is 0 Å². The van der Waals surface area contributed by atoms with Crippen LogP contribution in [0, 0.1) is 5.92 Å². The smallest absolute Gasteiger partial charge is 0.133 e. The maximum absolute atomic E-state index is 6.53. The van der Waals surface area contributed by atoms with Crippen molar-refractivity contribution in [2.24, 2.45) is 10.9 Å². The fourth-order valence-electron chi connectivity index (χ4n) is 3.93. The molecule has 0 saturated carbocycles. The summed E-state index contributed by atoms with van der Waals surface area (Å²) >= 11 is 6.53. The van der Waals surface area contributed by atoms with Crippen LogP contribution in [-0.4, -0.2) is 40.5 Å². The molecular weight excluding hydrogens is 386 g/mol. The third kappa shape index (κ3) is 3.78. The van der Waals surface area contributed by atoms with E-state index in [1.165, 1.54) is 0 Å². The first-order chi connectivity index (χ1) is 14.3. The Hall–Kier alpha value is -2.70. The molecule has 0 N–H and O–H groups in total. The molecule has 2 aromatic heterocycles. The molecule has 1 fully saturated rings. The highest BCUT2D eigenvalue weighted by molar-refractivity contribution is 6.33. The SMILES string of the molecule is Clc1cnc(N2C=CN=CC2)cc1-c1ccc2ncn(CC3CCOCC3)c2c1. The highest BCUT2D eigenvalue weighted by atomic mass is 35.5. The van der Waals surface area contributed by atoms with Crippen LogP contribution >= 0.6 is 11.6 Å². The van der Waals surface area contributed by atoms with Gasteiger partial charge in [-0.2, -0.15) is 0 Å². The summed E-state index contributed by atoms with van der Waals surface area (Å²) in [7, 11) is 0. The summed E-state index contributed by atoms with van der Waals surface area (Å²) in [5.41, 5.74) is 4.16. The van der Waals surface area contributed by atoms with Crippen LogP contribution in [0.2, 0.25) is 5.02 Å². The molecule has 4 heterocycles. The summed E-state index contributed by atoms with van der Waals surface area (Å²) in [6, 6.07) is 8.36. The van der Waals surface area contributed by atoms with Crippen molar-refractivity contribution in [2.45, 2.75) is 19.4 Å². The van der Waals surface area contributed by atoms with Crippen LogP contribution in [0.4, 0.5) is 5.82 Å². The van der Waals surface area contributed by atoms with Gasteiger partial charge in [0.15, 0.2) is 0 Å². The Morgan fingerprint density at radius 3 is 2.86 bits per heavy atom. The molecule has 3 aromatic rings. The van der Waals surface area contributed by atoms with Crippen molar-refractivity contribution >= 4 is 34.7 Å². The first kappa shape index (κ1) is 18.3. The molecule has 0 unspecified atom stereocenters. The van der Waals surface area contributed by atoms with Gasteiger partial charge in [-0.3, -0.25) is 4.99 Å². The van der Waals surface area contributed by atoms with E-state index in [4.69, 9.17) is 16.3 Å². The Bertz CT molecular complexity index is 1080. The second-order valence-corrected chi connectivity index (χ2v) is 7.87. The first-order valence-electron chi connectivity index (χ1n) is 9.91. The Balaban J connectivity index is 1.49. The minimum atomic E-state index is 0.633. The third-order valence-electron chi connectivity index (χ3n) is 5.58. The van der Waals surface area contributed by atoms with Crippen molar-refractivity contribution in [1.29, 1.82) is 0 Å². The highest BCUT2D eigenvalue weighted by Gasteiger charge is 2.17. The summed E-state index contributed by atoms with van der Waals surface area (Å²) in [4.78, 5) is 15.2. The molecule has 29 heavy (non-hydrogen) atoms. The minimum Gasteiger partial charge on any atom is -0.381 e. The highest BCUT2D eigenvalue weighted by Crippen LogP contribution is 2.33. The molecule has 6 nitrogen and oxygen atoms in total. The van der Waals surface area contributed by atoms with Gasteiger partial charge in [-0.15, -0.1) is 0 Å². The van der Waals surface area contributed by atoms with Crippen molar-refractivity contribution in [2.75, 3.05) is 24.7 Å². The number of halogens is 1. The zero-order chi connectivity index (χ0) is 19.6. The normalized spacial score (nSPS) is 17.3. The number of pyridine rings is 1. The van der Waals surface area contributed by atoms with Crippen LogP contribution in [0.5, 0.6) is 0 Å². The van der Waals surface area contributed by atoms with Crippen molar-refractivity contribution in [3.05, 3.63) is 54.2 Å². The summed E-state index contributed by atoms with van der Waals surface area (Å²) < 4.78 is 7.75. The number of ether oxygens (including phenoxy) is 1. The molecule has 0 amide bonds. The maximum Gasteiger partial charge on any atom is 0.133 e. The summed E-state index contributed by atoms with van der Waals surface area (Å²) in [5.74, 6) is 1.48. The van der Waals surface area contributed by atoms with E-state index in [2.05, 4.69) is 37.7 Å².